The van der Waals surface area contributed by atoms with Gasteiger partial charge in [-0.2, -0.15) is 0 Å². The van der Waals surface area contributed by atoms with Crippen LogP contribution in [-0.4, -0.2) is 0 Å². The van der Waals surface area contributed by atoms with Crippen LogP contribution >= 0.6 is 0 Å². The molecule has 0 amide bonds. The van der Waals surface area contributed by atoms with Gasteiger partial charge in [-0.3, -0.25) is 0 Å². The first kappa shape index (κ1) is 13.4. The van der Waals surface area contributed by atoms with Crippen molar-refractivity contribution in [2.75, 3.05) is 0 Å². The quantitative estimate of drug-likeness (QED) is 0.580. The largest absolute Gasteiger partial charge is 0.0651 e. The molecule has 0 aromatic heterocycles. The van der Waals surface area contributed by atoms with Crippen LogP contribution in [0.4, 0.5) is 0 Å². The molecule has 2 fully saturated rings. The summed E-state index contributed by atoms with van der Waals surface area (Å²) in [6.45, 7) is 9.86. The molecule has 0 aliphatic heterocycles. The minimum atomic E-state index is 0.781. The molecule has 2 aliphatic rings. The first-order valence-electron chi connectivity index (χ1n) is 8.08. The van der Waals surface area contributed by atoms with Crippen molar-refractivity contribution in [2.24, 2.45) is 29.1 Å². The summed E-state index contributed by atoms with van der Waals surface area (Å²) in [4.78, 5) is 0. The fourth-order valence-corrected chi connectivity index (χ4v) is 4.61. The Morgan fingerprint density at radius 3 is 2.59 bits per heavy atom. The minimum Gasteiger partial charge on any atom is -0.0651 e. The SMILES string of the molecule is CCC(C)C12CCCCC(C)CC(C)CC1C2. The molecule has 0 heterocycles. The van der Waals surface area contributed by atoms with Crippen molar-refractivity contribution in [2.45, 2.75) is 79.1 Å². The van der Waals surface area contributed by atoms with Gasteiger partial charge in [-0.05, 0) is 54.8 Å². The molecule has 0 aromatic rings. The van der Waals surface area contributed by atoms with Crippen LogP contribution in [0.2, 0.25) is 0 Å². The van der Waals surface area contributed by atoms with E-state index in [-0.39, 0.29) is 0 Å². The molecule has 0 N–H and O–H groups in total. The average molecular weight is 236 g/mol. The van der Waals surface area contributed by atoms with Gasteiger partial charge >= 0.3 is 0 Å². The number of hydrogen-bond acceptors (Lipinski definition) is 0. The fraction of sp³-hybridized carbons (Fsp3) is 1.00. The predicted octanol–water partition coefficient (Wildman–Crippen LogP) is 5.67. The highest BCUT2D eigenvalue weighted by Gasteiger charge is 2.55. The van der Waals surface area contributed by atoms with Crippen LogP contribution in [0.1, 0.15) is 79.1 Å². The highest BCUT2D eigenvalue weighted by atomic mass is 14.6. The lowest BCUT2D eigenvalue weighted by molar-refractivity contribution is 0.228. The van der Waals surface area contributed by atoms with E-state index in [0.29, 0.717) is 0 Å². The summed E-state index contributed by atoms with van der Waals surface area (Å²) in [7, 11) is 0. The number of hydrogen-bond donors (Lipinski definition) is 0. The molecule has 0 saturated heterocycles. The van der Waals surface area contributed by atoms with E-state index >= 15 is 0 Å². The van der Waals surface area contributed by atoms with Crippen molar-refractivity contribution in [3.05, 3.63) is 0 Å². The van der Waals surface area contributed by atoms with Gasteiger partial charge in [0.2, 0.25) is 0 Å². The third-order valence-corrected chi connectivity index (χ3v) is 5.95. The van der Waals surface area contributed by atoms with E-state index in [1.807, 2.05) is 0 Å². The van der Waals surface area contributed by atoms with Gasteiger partial charge in [0.1, 0.15) is 0 Å². The summed E-state index contributed by atoms with van der Waals surface area (Å²) >= 11 is 0. The molecule has 5 unspecified atom stereocenters. The van der Waals surface area contributed by atoms with Crippen LogP contribution in [0.3, 0.4) is 0 Å². The molecule has 0 aromatic carbocycles. The normalized spacial score (nSPS) is 44.8. The zero-order chi connectivity index (χ0) is 12.5. The lowest BCUT2D eigenvalue weighted by atomic mass is 9.78. The summed E-state index contributed by atoms with van der Waals surface area (Å²) in [5, 5.41) is 0. The highest BCUT2D eigenvalue weighted by molar-refractivity contribution is 5.05. The standard InChI is InChI=1S/C17H32/c1-5-15(4)17-9-7-6-8-13(2)10-14(3)11-16(17)12-17/h13-16H,5-12H2,1-4H3. The summed E-state index contributed by atoms with van der Waals surface area (Å²) in [6.07, 6.45) is 11.9. The topological polar surface area (TPSA) is 0 Å². The first-order chi connectivity index (χ1) is 8.08. The minimum absolute atomic E-state index is 0.781. The van der Waals surface area contributed by atoms with E-state index < -0.39 is 0 Å². The van der Waals surface area contributed by atoms with Gasteiger partial charge in [-0.15, -0.1) is 0 Å². The van der Waals surface area contributed by atoms with Gasteiger partial charge in [-0.1, -0.05) is 53.4 Å². The Morgan fingerprint density at radius 2 is 1.88 bits per heavy atom. The third-order valence-electron chi connectivity index (χ3n) is 5.95. The maximum Gasteiger partial charge on any atom is -0.0240 e. The Kier molecular flexibility index (Phi) is 4.21. The van der Waals surface area contributed by atoms with E-state index in [2.05, 4.69) is 27.7 Å². The van der Waals surface area contributed by atoms with Crippen LogP contribution in [-0.2, 0) is 0 Å². The monoisotopic (exact) mass is 236 g/mol. The first-order valence-corrected chi connectivity index (χ1v) is 8.08. The summed E-state index contributed by atoms with van der Waals surface area (Å²) in [5.41, 5.74) is 0.781. The fourth-order valence-electron chi connectivity index (χ4n) is 4.61. The van der Waals surface area contributed by atoms with Gasteiger partial charge in [0.05, 0.1) is 0 Å². The summed E-state index contributed by atoms with van der Waals surface area (Å²) in [6, 6.07) is 0. The van der Waals surface area contributed by atoms with Crippen molar-refractivity contribution in [1.82, 2.24) is 0 Å². The Bertz CT molecular complexity index is 244. The smallest absolute Gasteiger partial charge is 0.0240 e. The van der Waals surface area contributed by atoms with E-state index in [1.54, 1.807) is 6.42 Å². The molecule has 17 heavy (non-hydrogen) atoms. The van der Waals surface area contributed by atoms with E-state index in [1.165, 1.54) is 44.9 Å². The molecular formula is C17H32. The Balaban J connectivity index is 1.99. The van der Waals surface area contributed by atoms with E-state index in [9.17, 15) is 0 Å². The number of rotatable bonds is 2. The lowest BCUT2D eigenvalue weighted by Crippen LogP contribution is -2.18. The van der Waals surface area contributed by atoms with Crippen molar-refractivity contribution in [3.8, 4) is 0 Å². The lowest BCUT2D eigenvalue weighted by Gasteiger charge is -2.27. The maximum absolute atomic E-state index is 2.51. The molecule has 2 aliphatic carbocycles. The van der Waals surface area contributed by atoms with E-state index in [0.717, 1.165) is 29.1 Å². The van der Waals surface area contributed by atoms with Crippen molar-refractivity contribution in [3.63, 3.8) is 0 Å². The van der Waals surface area contributed by atoms with E-state index in [4.69, 9.17) is 0 Å². The third kappa shape index (κ3) is 2.88. The Morgan fingerprint density at radius 1 is 1.12 bits per heavy atom. The van der Waals surface area contributed by atoms with Crippen LogP contribution in [0.25, 0.3) is 0 Å². The second-order valence-corrected chi connectivity index (χ2v) is 7.37. The molecule has 0 spiro atoms. The zero-order valence-electron chi connectivity index (χ0n) is 12.5. The number of fused-ring (bicyclic) bond motifs is 1. The average Bonchev–Trinajstić information content (AvgIpc) is 2.97. The second-order valence-electron chi connectivity index (χ2n) is 7.37. The molecule has 2 rings (SSSR count). The molecule has 0 radical (unpaired) electrons. The maximum atomic E-state index is 2.51. The summed E-state index contributed by atoms with van der Waals surface area (Å²) in [5.74, 6) is 3.99. The van der Waals surface area contributed by atoms with Crippen molar-refractivity contribution in [1.29, 1.82) is 0 Å². The molecule has 100 valence electrons. The molecule has 0 heteroatoms. The van der Waals surface area contributed by atoms with Gasteiger partial charge in [0.15, 0.2) is 0 Å². The van der Waals surface area contributed by atoms with Crippen LogP contribution in [0, 0.1) is 29.1 Å². The molecule has 0 nitrogen and oxygen atoms in total. The van der Waals surface area contributed by atoms with Crippen LogP contribution < -0.4 is 0 Å². The predicted molar refractivity (Wildman–Crippen MR) is 76.0 cm³/mol. The second kappa shape index (κ2) is 5.33. The highest BCUT2D eigenvalue weighted by Crippen LogP contribution is 2.64. The van der Waals surface area contributed by atoms with Crippen molar-refractivity contribution >= 4 is 0 Å². The zero-order valence-corrected chi connectivity index (χ0v) is 12.5. The molecule has 5 atom stereocenters. The van der Waals surface area contributed by atoms with Gasteiger partial charge in [0.25, 0.3) is 0 Å². The molecule has 2 saturated carbocycles. The molecular weight excluding hydrogens is 204 g/mol. The van der Waals surface area contributed by atoms with Gasteiger partial charge < -0.3 is 0 Å². The van der Waals surface area contributed by atoms with Gasteiger partial charge in [-0.25, -0.2) is 0 Å². The molecule has 0 bridgehead atoms. The Labute approximate surface area is 109 Å². The van der Waals surface area contributed by atoms with Gasteiger partial charge in [0, 0.05) is 0 Å². The van der Waals surface area contributed by atoms with Crippen LogP contribution in [0.5, 0.6) is 0 Å². The Hall–Kier alpha value is 0. The van der Waals surface area contributed by atoms with Crippen LogP contribution in [0.15, 0.2) is 0 Å². The van der Waals surface area contributed by atoms with Crippen molar-refractivity contribution < 1.29 is 0 Å². The summed E-state index contributed by atoms with van der Waals surface area (Å²) < 4.78 is 0.